The first-order valence-corrected chi connectivity index (χ1v) is 12.1. The second kappa shape index (κ2) is 10.00. The molecule has 5 amide bonds. The fourth-order valence-electron chi connectivity index (χ4n) is 4.79. The zero-order valence-corrected chi connectivity index (χ0v) is 20.0. The maximum Gasteiger partial charge on any atom is 0.405 e. The first kappa shape index (κ1) is 24.0. The van der Waals surface area contributed by atoms with Crippen LogP contribution in [-0.2, 0) is 19.2 Å². The molecule has 0 saturated carbocycles. The molecule has 3 aliphatic heterocycles. The Balaban J connectivity index is 1.54. The molecule has 0 spiro atoms. The highest BCUT2D eigenvalue weighted by Gasteiger charge is 2.47. The SMILES string of the molecule is O=C(O)N[C@H]1CCC(=O)N2CCC[C@@H](C(=O)N3CCC[C@H]3C(=O)Nc3ccc(Br)cc3)N2C1=O. The van der Waals surface area contributed by atoms with Gasteiger partial charge in [0.25, 0.3) is 5.91 Å². The van der Waals surface area contributed by atoms with Crippen LogP contribution in [0.4, 0.5) is 10.5 Å². The molecule has 4 rings (SSSR count). The van der Waals surface area contributed by atoms with Gasteiger partial charge in [0.2, 0.25) is 17.7 Å². The highest BCUT2D eigenvalue weighted by Crippen LogP contribution is 2.29. The van der Waals surface area contributed by atoms with Crippen molar-refractivity contribution in [2.45, 2.75) is 56.7 Å². The van der Waals surface area contributed by atoms with E-state index in [1.165, 1.54) is 9.91 Å². The van der Waals surface area contributed by atoms with Crippen molar-refractivity contribution in [1.82, 2.24) is 20.2 Å². The third-order valence-corrected chi connectivity index (χ3v) is 6.92. The number of hydrogen-bond acceptors (Lipinski definition) is 5. The number of carboxylic acid groups (broad SMARTS) is 1. The van der Waals surface area contributed by atoms with Gasteiger partial charge in [0.1, 0.15) is 18.1 Å². The summed E-state index contributed by atoms with van der Waals surface area (Å²) in [6, 6.07) is 4.31. The van der Waals surface area contributed by atoms with Gasteiger partial charge in [0.15, 0.2) is 0 Å². The van der Waals surface area contributed by atoms with Gasteiger partial charge in [-0.05, 0) is 56.4 Å². The van der Waals surface area contributed by atoms with E-state index in [9.17, 15) is 24.0 Å². The molecule has 1 aromatic rings. The van der Waals surface area contributed by atoms with Gasteiger partial charge >= 0.3 is 6.09 Å². The Morgan fingerprint density at radius 3 is 2.35 bits per heavy atom. The van der Waals surface area contributed by atoms with Gasteiger partial charge in [-0.1, -0.05) is 15.9 Å². The molecule has 3 aliphatic rings. The van der Waals surface area contributed by atoms with Crippen LogP contribution in [0, 0.1) is 0 Å². The van der Waals surface area contributed by atoms with Gasteiger partial charge in [0, 0.05) is 29.7 Å². The van der Waals surface area contributed by atoms with Crippen molar-refractivity contribution in [3.05, 3.63) is 28.7 Å². The highest BCUT2D eigenvalue weighted by molar-refractivity contribution is 9.10. The summed E-state index contributed by atoms with van der Waals surface area (Å²) in [6.45, 7) is 0.641. The minimum absolute atomic E-state index is 0.00394. The molecule has 34 heavy (non-hydrogen) atoms. The molecular weight excluding hydrogens is 510 g/mol. The lowest BCUT2D eigenvalue weighted by Crippen LogP contribution is -2.64. The monoisotopic (exact) mass is 535 g/mol. The van der Waals surface area contributed by atoms with Gasteiger partial charge in [0.05, 0.1) is 0 Å². The van der Waals surface area contributed by atoms with Crippen molar-refractivity contribution < 1.29 is 29.1 Å². The molecule has 3 saturated heterocycles. The molecule has 0 radical (unpaired) electrons. The number of anilines is 1. The van der Waals surface area contributed by atoms with Crippen LogP contribution in [-0.4, -0.2) is 81.0 Å². The van der Waals surface area contributed by atoms with E-state index in [2.05, 4.69) is 26.6 Å². The molecule has 182 valence electrons. The van der Waals surface area contributed by atoms with Crippen molar-refractivity contribution >= 4 is 51.3 Å². The summed E-state index contributed by atoms with van der Waals surface area (Å²) in [5.74, 6) is -1.67. The van der Waals surface area contributed by atoms with Gasteiger partial charge < -0.3 is 20.6 Å². The molecule has 3 N–H and O–H groups in total. The quantitative estimate of drug-likeness (QED) is 0.534. The maximum atomic E-state index is 13.6. The summed E-state index contributed by atoms with van der Waals surface area (Å²) in [5, 5.41) is 16.5. The van der Waals surface area contributed by atoms with Crippen molar-refractivity contribution in [2.24, 2.45) is 0 Å². The van der Waals surface area contributed by atoms with Crippen LogP contribution in [0.2, 0.25) is 0 Å². The first-order chi connectivity index (χ1) is 16.3. The van der Waals surface area contributed by atoms with Gasteiger partial charge in [-0.2, -0.15) is 0 Å². The number of fused-ring (bicyclic) bond motifs is 1. The number of amides is 5. The third kappa shape index (κ3) is 4.86. The number of nitrogens with zero attached hydrogens (tertiary/aromatic N) is 3. The average molecular weight is 536 g/mol. The van der Waals surface area contributed by atoms with Crippen molar-refractivity contribution in [2.75, 3.05) is 18.4 Å². The molecule has 0 aromatic heterocycles. The lowest BCUT2D eigenvalue weighted by Gasteiger charge is -2.44. The Labute approximate surface area is 204 Å². The minimum Gasteiger partial charge on any atom is -0.465 e. The average Bonchev–Trinajstić information content (AvgIpc) is 3.27. The lowest BCUT2D eigenvalue weighted by molar-refractivity contribution is -0.179. The van der Waals surface area contributed by atoms with Gasteiger partial charge in [-0.25, -0.2) is 9.80 Å². The number of carbonyl (C=O) groups excluding carboxylic acids is 4. The van der Waals surface area contributed by atoms with E-state index < -0.39 is 36.0 Å². The minimum atomic E-state index is -1.37. The molecule has 12 heteroatoms. The number of carbonyl (C=O) groups is 5. The van der Waals surface area contributed by atoms with Crippen LogP contribution in [0.1, 0.15) is 38.5 Å². The van der Waals surface area contributed by atoms with E-state index in [-0.39, 0.29) is 31.2 Å². The number of benzene rings is 1. The lowest BCUT2D eigenvalue weighted by atomic mass is 10.0. The second-order valence-electron chi connectivity index (χ2n) is 8.58. The van der Waals surface area contributed by atoms with Crippen molar-refractivity contribution in [1.29, 1.82) is 0 Å². The Bertz CT molecular complexity index is 1000. The molecule has 1 aromatic carbocycles. The first-order valence-electron chi connectivity index (χ1n) is 11.3. The maximum absolute atomic E-state index is 13.6. The standard InChI is InChI=1S/C22H26BrN5O6/c23-13-5-7-14(8-6-13)24-19(30)16-3-1-11-26(16)21(32)17-4-2-12-27-18(29)10-9-15(25-22(33)34)20(31)28(17)27/h5-8,15-17,25H,1-4,9-12H2,(H,24,30)(H,33,34)/t15-,16-,17-/m0/s1. The number of hydrazine groups is 1. The van der Waals surface area contributed by atoms with E-state index in [1.807, 2.05) is 0 Å². The summed E-state index contributed by atoms with van der Waals surface area (Å²) in [5.41, 5.74) is 0.604. The summed E-state index contributed by atoms with van der Waals surface area (Å²) < 4.78 is 0.873. The predicted octanol–water partition coefficient (Wildman–Crippen LogP) is 1.54. The highest BCUT2D eigenvalue weighted by atomic mass is 79.9. The number of nitrogens with one attached hydrogen (secondary N) is 2. The molecule has 3 atom stereocenters. The molecule has 0 bridgehead atoms. The van der Waals surface area contributed by atoms with E-state index >= 15 is 0 Å². The summed E-state index contributed by atoms with van der Waals surface area (Å²) in [7, 11) is 0. The Kier molecular flexibility index (Phi) is 7.05. The number of halogens is 1. The van der Waals surface area contributed by atoms with Gasteiger partial charge in [-0.3, -0.25) is 24.2 Å². The Hall–Kier alpha value is -3.15. The predicted molar refractivity (Wildman–Crippen MR) is 123 cm³/mol. The number of rotatable bonds is 4. The smallest absolute Gasteiger partial charge is 0.405 e. The number of hydrogen-bond donors (Lipinski definition) is 3. The molecule has 3 heterocycles. The van der Waals surface area contributed by atoms with Crippen LogP contribution in [0.3, 0.4) is 0 Å². The Morgan fingerprint density at radius 1 is 0.971 bits per heavy atom. The van der Waals surface area contributed by atoms with Crippen LogP contribution in [0.25, 0.3) is 0 Å². The van der Waals surface area contributed by atoms with Crippen LogP contribution in [0.5, 0.6) is 0 Å². The topological polar surface area (TPSA) is 139 Å². The van der Waals surface area contributed by atoms with E-state index in [4.69, 9.17) is 5.11 Å². The van der Waals surface area contributed by atoms with Crippen molar-refractivity contribution in [3.63, 3.8) is 0 Å². The molecule has 11 nitrogen and oxygen atoms in total. The molecule has 0 aliphatic carbocycles. The normalized spacial score (nSPS) is 25.0. The molecule has 3 fully saturated rings. The fraction of sp³-hybridized carbons (Fsp3) is 0.500. The summed E-state index contributed by atoms with van der Waals surface area (Å²) in [4.78, 5) is 65.2. The molecule has 0 unspecified atom stereocenters. The second-order valence-corrected chi connectivity index (χ2v) is 9.50. The Morgan fingerprint density at radius 2 is 1.65 bits per heavy atom. The zero-order valence-electron chi connectivity index (χ0n) is 18.4. The van der Waals surface area contributed by atoms with Gasteiger partial charge in [-0.15, -0.1) is 0 Å². The zero-order chi connectivity index (χ0) is 24.4. The third-order valence-electron chi connectivity index (χ3n) is 6.39. The summed E-state index contributed by atoms with van der Waals surface area (Å²) >= 11 is 3.35. The molecular formula is C22H26BrN5O6. The number of likely N-dealkylation sites (tertiary alicyclic amines) is 1. The largest absolute Gasteiger partial charge is 0.465 e. The fourth-order valence-corrected chi connectivity index (χ4v) is 5.06. The van der Waals surface area contributed by atoms with Crippen molar-refractivity contribution in [3.8, 4) is 0 Å². The van der Waals surface area contributed by atoms with Crippen LogP contribution in [0.15, 0.2) is 28.7 Å². The van der Waals surface area contributed by atoms with E-state index in [1.54, 1.807) is 24.3 Å². The van der Waals surface area contributed by atoms with Crippen LogP contribution >= 0.6 is 15.9 Å². The van der Waals surface area contributed by atoms with E-state index in [0.717, 1.165) is 9.48 Å². The summed E-state index contributed by atoms with van der Waals surface area (Å²) in [6.07, 6.45) is 0.620. The van der Waals surface area contributed by atoms with Crippen LogP contribution < -0.4 is 10.6 Å². The van der Waals surface area contributed by atoms with E-state index in [0.29, 0.717) is 37.9 Å².